The molecular formula is C10H13NO3. The molecule has 1 unspecified atom stereocenters. The van der Waals surface area contributed by atoms with E-state index in [2.05, 4.69) is 0 Å². The Kier molecular flexibility index (Phi) is 3.45. The number of hydrogen-bond donors (Lipinski definition) is 0. The monoisotopic (exact) mass is 195 g/mol. The van der Waals surface area contributed by atoms with Crippen molar-refractivity contribution in [1.82, 2.24) is 0 Å². The van der Waals surface area contributed by atoms with Crippen molar-refractivity contribution in [1.29, 1.82) is 0 Å². The number of hydrogen-bond acceptors (Lipinski definition) is 3. The Morgan fingerprint density at radius 2 is 1.86 bits per heavy atom. The lowest BCUT2D eigenvalue weighted by Crippen LogP contribution is -2.31. The summed E-state index contributed by atoms with van der Waals surface area (Å²) >= 11 is 0. The lowest BCUT2D eigenvalue weighted by molar-refractivity contribution is -0.571. The number of nitro groups is 1. The van der Waals surface area contributed by atoms with Gasteiger partial charge in [0.2, 0.25) is 0 Å². The van der Waals surface area contributed by atoms with E-state index in [1.165, 1.54) is 0 Å². The van der Waals surface area contributed by atoms with E-state index in [0.717, 1.165) is 0 Å². The van der Waals surface area contributed by atoms with E-state index in [-0.39, 0.29) is 5.92 Å². The maximum Gasteiger partial charge on any atom is 0.356 e. The normalized spacial score (nSPS) is 12.5. The highest BCUT2D eigenvalue weighted by Gasteiger charge is 2.26. The van der Waals surface area contributed by atoms with Gasteiger partial charge in [-0.1, -0.05) is 32.0 Å². The lowest BCUT2D eigenvalue weighted by Gasteiger charge is -2.14. The first-order chi connectivity index (χ1) is 6.61. The molecule has 0 aliphatic carbocycles. The van der Waals surface area contributed by atoms with E-state index >= 15 is 0 Å². The van der Waals surface area contributed by atoms with Crippen LogP contribution in [0.5, 0.6) is 5.75 Å². The zero-order valence-electron chi connectivity index (χ0n) is 8.21. The van der Waals surface area contributed by atoms with E-state index < -0.39 is 11.2 Å². The Balaban J connectivity index is 2.70. The number of rotatable bonds is 4. The van der Waals surface area contributed by atoms with Crippen LogP contribution >= 0.6 is 0 Å². The molecule has 0 amide bonds. The van der Waals surface area contributed by atoms with Gasteiger partial charge in [0, 0.05) is 0 Å². The summed E-state index contributed by atoms with van der Waals surface area (Å²) in [5, 5.41) is 10.6. The zero-order chi connectivity index (χ0) is 10.6. The number of benzene rings is 1. The molecule has 0 saturated carbocycles. The highest BCUT2D eigenvalue weighted by Crippen LogP contribution is 2.15. The van der Waals surface area contributed by atoms with Crippen molar-refractivity contribution >= 4 is 0 Å². The molecule has 14 heavy (non-hydrogen) atoms. The number of para-hydroxylation sites is 1. The third-order valence-electron chi connectivity index (χ3n) is 1.78. The Labute approximate surface area is 82.7 Å². The van der Waals surface area contributed by atoms with Crippen LogP contribution in [0.4, 0.5) is 0 Å². The van der Waals surface area contributed by atoms with Crippen molar-refractivity contribution in [2.24, 2.45) is 5.92 Å². The van der Waals surface area contributed by atoms with Gasteiger partial charge in [0.05, 0.1) is 10.8 Å². The molecule has 0 aliphatic rings. The van der Waals surface area contributed by atoms with Crippen molar-refractivity contribution in [3.8, 4) is 5.75 Å². The van der Waals surface area contributed by atoms with Crippen LogP contribution in [-0.2, 0) is 0 Å². The van der Waals surface area contributed by atoms with Crippen LogP contribution in [0.25, 0.3) is 0 Å². The highest BCUT2D eigenvalue weighted by molar-refractivity contribution is 5.21. The summed E-state index contributed by atoms with van der Waals surface area (Å²) < 4.78 is 5.24. The maximum atomic E-state index is 10.6. The van der Waals surface area contributed by atoms with Crippen LogP contribution in [0.15, 0.2) is 30.3 Å². The van der Waals surface area contributed by atoms with E-state index in [0.29, 0.717) is 5.75 Å². The molecule has 0 bridgehead atoms. The topological polar surface area (TPSA) is 52.4 Å². The summed E-state index contributed by atoms with van der Waals surface area (Å²) in [5.74, 6) is 0.383. The van der Waals surface area contributed by atoms with E-state index in [9.17, 15) is 10.1 Å². The molecule has 4 nitrogen and oxygen atoms in total. The van der Waals surface area contributed by atoms with Crippen molar-refractivity contribution < 1.29 is 9.66 Å². The Morgan fingerprint density at radius 3 is 2.29 bits per heavy atom. The summed E-state index contributed by atoms with van der Waals surface area (Å²) in [5.41, 5.74) is 0. The average Bonchev–Trinajstić information content (AvgIpc) is 2.15. The number of nitrogens with zero attached hydrogens (tertiary/aromatic N) is 1. The molecule has 1 atom stereocenters. The van der Waals surface area contributed by atoms with Crippen LogP contribution in [-0.4, -0.2) is 11.2 Å². The highest BCUT2D eigenvalue weighted by atomic mass is 16.7. The molecule has 1 rings (SSSR count). The van der Waals surface area contributed by atoms with Crippen LogP contribution in [0.1, 0.15) is 13.8 Å². The predicted molar refractivity (Wildman–Crippen MR) is 52.7 cm³/mol. The van der Waals surface area contributed by atoms with Crippen molar-refractivity contribution in [2.45, 2.75) is 20.1 Å². The van der Waals surface area contributed by atoms with E-state index in [1.54, 1.807) is 38.1 Å². The zero-order valence-corrected chi connectivity index (χ0v) is 8.21. The lowest BCUT2D eigenvalue weighted by atomic mass is 10.2. The summed E-state index contributed by atoms with van der Waals surface area (Å²) in [6.45, 7) is 3.52. The molecule has 0 radical (unpaired) electrons. The fourth-order valence-electron chi connectivity index (χ4n) is 1.06. The smallest absolute Gasteiger partial charge is 0.356 e. The summed E-state index contributed by atoms with van der Waals surface area (Å²) in [4.78, 5) is 10.2. The van der Waals surface area contributed by atoms with Gasteiger partial charge in [0.1, 0.15) is 5.75 Å². The fourth-order valence-corrected chi connectivity index (χ4v) is 1.06. The average molecular weight is 195 g/mol. The van der Waals surface area contributed by atoms with Crippen LogP contribution in [0.2, 0.25) is 0 Å². The summed E-state index contributed by atoms with van der Waals surface area (Å²) in [7, 11) is 0. The molecular weight excluding hydrogens is 182 g/mol. The van der Waals surface area contributed by atoms with Crippen LogP contribution < -0.4 is 4.74 Å². The minimum Gasteiger partial charge on any atom is -0.430 e. The van der Waals surface area contributed by atoms with Gasteiger partial charge in [-0.15, -0.1) is 0 Å². The molecule has 0 aromatic heterocycles. The molecule has 1 aromatic rings. The van der Waals surface area contributed by atoms with Gasteiger partial charge >= 0.3 is 6.23 Å². The Hall–Kier alpha value is -1.58. The molecule has 4 heteroatoms. The van der Waals surface area contributed by atoms with Crippen molar-refractivity contribution in [3.63, 3.8) is 0 Å². The molecule has 0 spiro atoms. The van der Waals surface area contributed by atoms with Gasteiger partial charge in [0.15, 0.2) is 0 Å². The van der Waals surface area contributed by atoms with Gasteiger partial charge in [0.25, 0.3) is 0 Å². The quantitative estimate of drug-likeness (QED) is 0.421. The van der Waals surface area contributed by atoms with Crippen molar-refractivity contribution in [2.75, 3.05) is 0 Å². The third-order valence-corrected chi connectivity index (χ3v) is 1.78. The summed E-state index contributed by atoms with van der Waals surface area (Å²) in [6.07, 6.45) is -0.975. The van der Waals surface area contributed by atoms with Crippen molar-refractivity contribution in [3.05, 3.63) is 40.4 Å². The second-order valence-corrected chi connectivity index (χ2v) is 3.35. The Morgan fingerprint density at radius 1 is 1.29 bits per heavy atom. The fraction of sp³-hybridized carbons (Fsp3) is 0.400. The molecule has 0 fully saturated rings. The third kappa shape index (κ3) is 2.73. The minimum absolute atomic E-state index is 0.148. The molecule has 76 valence electrons. The molecule has 0 aliphatic heterocycles. The second-order valence-electron chi connectivity index (χ2n) is 3.35. The van der Waals surface area contributed by atoms with Gasteiger partial charge in [-0.3, -0.25) is 10.1 Å². The molecule has 0 heterocycles. The maximum absolute atomic E-state index is 10.6. The first kappa shape index (κ1) is 10.5. The van der Waals surface area contributed by atoms with Gasteiger partial charge in [-0.2, -0.15) is 0 Å². The molecule has 0 saturated heterocycles. The first-order valence-corrected chi connectivity index (χ1v) is 4.46. The number of ether oxygens (including phenoxy) is 1. The standard InChI is InChI=1S/C10H13NO3/c1-8(2)10(11(12)13)14-9-6-4-3-5-7-9/h3-8,10H,1-2H3. The van der Waals surface area contributed by atoms with Gasteiger partial charge in [-0.25, -0.2) is 0 Å². The Bertz CT molecular complexity index is 297. The largest absolute Gasteiger partial charge is 0.430 e. The van der Waals surface area contributed by atoms with Gasteiger partial charge in [-0.05, 0) is 12.1 Å². The SMILES string of the molecule is CC(C)C(Oc1ccccc1)[N+](=O)[O-]. The van der Waals surface area contributed by atoms with E-state index in [4.69, 9.17) is 4.74 Å². The van der Waals surface area contributed by atoms with E-state index in [1.807, 2.05) is 6.07 Å². The molecule has 0 N–H and O–H groups in total. The first-order valence-electron chi connectivity index (χ1n) is 4.46. The predicted octanol–water partition coefficient (Wildman–Crippen LogP) is 2.32. The van der Waals surface area contributed by atoms with Gasteiger partial charge < -0.3 is 4.74 Å². The second kappa shape index (κ2) is 4.60. The molecule has 1 aromatic carbocycles. The summed E-state index contributed by atoms with van der Waals surface area (Å²) in [6, 6.07) is 8.82. The van der Waals surface area contributed by atoms with Crippen LogP contribution in [0.3, 0.4) is 0 Å². The van der Waals surface area contributed by atoms with Crippen LogP contribution in [0, 0.1) is 16.0 Å². The minimum atomic E-state index is -0.975.